The molecule has 0 N–H and O–H groups in total. The van der Waals surface area contributed by atoms with Crippen LogP contribution in [0.3, 0.4) is 0 Å². The molecule has 1 aliphatic rings. The fourth-order valence-electron chi connectivity index (χ4n) is 2.45. The van der Waals surface area contributed by atoms with Crippen molar-refractivity contribution in [1.29, 1.82) is 0 Å². The van der Waals surface area contributed by atoms with Gasteiger partial charge in [0.1, 0.15) is 0 Å². The number of rotatable bonds is 2. The summed E-state index contributed by atoms with van der Waals surface area (Å²) < 4.78 is 0. The Bertz CT molecular complexity index is 177. The van der Waals surface area contributed by atoms with Crippen molar-refractivity contribution in [1.82, 2.24) is 0 Å². The summed E-state index contributed by atoms with van der Waals surface area (Å²) in [6, 6.07) is 0. The van der Waals surface area contributed by atoms with E-state index in [0.29, 0.717) is 5.92 Å². The van der Waals surface area contributed by atoms with Gasteiger partial charge in [-0.15, -0.1) is 12.3 Å². The molecule has 0 aromatic heterocycles. The van der Waals surface area contributed by atoms with Crippen LogP contribution in [0.5, 0.6) is 0 Å². The van der Waals surface area contributed by atoms with Crippen molar-refractivity contribution >= 4 is 0 Å². The lowest BCUT2D eigenvalue weighted by Gasteiger charge is -2.32. The van der Waals surface area contributed by atoms with E-state index in [0.717, 1.165) is 17.8 Å². The van der Waals surface area contributed by atoms with Gasteiger partial charge in [-0.25, -0.2) is 0 Å². The van der Waals surface area contributed by atoms with Crippen LogP contribution in [-0.4, -0.2) is 0 Å². The SMILES string of the molecule is C#CC(C)C1CCC(C(C)C)CC1. The molecule has 1 unspecified atom stereocenters. The minimum absolute atomic E-state index is 0.494. The van der Waals surface area contributed by atoms with Gasteiger partial charge in [-0.05, 0) is 43.4 Å². The third-order valence-corrected chi connectivity index (χ3v) is 3.73. The summed E-state index contributed by atoms with van der Waals surface area (Å²) in [6.07, 6.45) is 11.0. The van der Waals surface area contributed by atoms with Crippen LogP contribution >= 0.6 is 0 Å². The molecule has 0 aliphatic heterocycles. The Kier molecular flexibility index (Phi) is 3.85. The van der Waals surface area contributed by atoms with Crippen molar-refractivity contribution in [2.24, 2.45) is 23.7 Å². The quantitative estimate of drug-likeness (QED) is 0.565. The molecular formula is C13H22. The molecule has 74 valence electrons. The lowest BCUT2D eigenvalue weighted by molar-refractivity contribution is 0.202. The van der Waals surface area contributed by atoms with Gasteiger partial charge in [0.25, 0.3) is 0 Å². The van der Waals surface area contributed by atoms with Crippen LogP contribution in [-0.2, 0) is 0 Å². The highest BCUT2D eigenvalue weighted by atomic mass is 14.3. The summed E-state index contributed by atoms with van der Waals surface area (Å²) in [7, 11) is 0. The van der Waals surface area contributed by atoms with Crippen molar-refractivity contribution < 1.29 is 0 Å². The van der Waals surface area contributed by atoms with E-state index in [1.54, 1.807) is 0 Å². The normalized spacial score (nSPS) is 31.3. The molecule has 0 aromatic carbocycles. The van der Waals surface area contributed by atoms with Gasteiger partial charge < -0.3 is 0 Å². The van der Waals surface area contributed by atoms with Gasteiger partial charge in [0.05, 0.1) is 0 Å². The topological polar surface area (TPSA) is 0 Å². The lowest BCUT2D eigenvalue weighted by atomic mass is 9.73. The molecule has 0 bridgehead atoms. The largest absolute Gasteiger partial charge is 0.120 e. The first kappa shape index (κ1) is 10.6. The monoisotopic (exact) mass is 178 g/mol. The van der Waals surface area contributed by atoms with Crippen molar-refractivity contribution in [2.45, 2.75) is 46.5 Å². The summed E-state index contributed by atoms with van der Waals surface area (Å²) in [5.74, 6) is 6.00. The van der Waals surface area contributed by atoms with Crippen LogP contribution in [0.2, 0.25) is 0 Å². The van der Waals surface area contributed by atoms with E-state index in [4.69, 9.17) is 6.42 Å². The van der Waals surface area contributed by atoms with E-state index in [9.17, 15) is 0 Å². The van der Waals surface area contributed by atoms with Crippen LogP contribution in [0.25, 0.3) is 0 Å². The van der Waals surface area contributed by atoms with E-state index in [1.807, 2.05) is 0 Å². The van der Waals surface area contributed by atoms with E-state index in [2.05, 4.69) is 26.7 Å². The zero-order chi connectivity index (χ0) is 9.84. The molecule has 1 atom stereocenters. The van der Waals surface area contributed by atoms with E-state index < -0.39 is 0 Å². The Morgan fingerprint density at radius 1 is 1.00 bits per heavy atom. The summed E-state index contributed by atoms with van der Waals surface area (Å²) >= 11 is 0. The maximum Gasteiger partial charge on any atom is 0.0200 e. The predicted molar refractivity (Wildman–Crippen MR) is 58.3 cm³/mol. The minimum atomic E-state index is 0.494. The van der Waals surface area contributed by atoms with Crippen LogP contribution in [0.15, 0.2) is 0 Å². The summed E-state index contributed by atoms with van der Waals surface area (Å²) in [5.41, 5.74) is 0. The minimum Gasteiger partial charge on any atom is -0.120 e. The van der Waals surface area contributed by atoms with E-state index in [1.165, 1.54) is 25.7 Å². The second-order valence-corrected chi connectivity index (χ2v) is 4.87. The zero-order valence-electron chi connectivity index (χ0n) is 9.22. The first-order valence-electron chi connectivity index (χ1n) is 5.61. The maximum absolute atomic E-state index is 5.45. The molecule has 0 aromatic rings. The molecule has 0 heterocycles. The zero-order valence-corrected chi connectivity index (χ0v) is 9.22. The Hall–Kier alpha value is -0.440. The molecule has 1 saturated carbocycles. The third kappa shape index (κ3) is 2.76. The van der Waals surface area contributed by atoms with Gasteiger partial charge in [0, 0.05) is 5.92 Å². The molecule has 0 spiro atoms. The Labute approximate surface area is 83.1 Å². The summed E-state index contributed by atoms with van der Waals surface area (Å²) in [4.78, 5) is 0. The molecular weight excluding hydrogens is 156 g/mol. The smallest absolute Gasteiger partial charge is 0.0200 e. The van der Waals surface area contributed by atoms with Gasteiger partial charge in [-0.3, -0.25) is 0 Å². The first-order chi connectivity index (χ1) is 6.15. The second-order valence-electron chi connectivity index (χ2n) is 4.87. The fourth-order valence-corrected chi connectivity index (χ4v) is 2.45. The Morgan fingerprint density at radius 2 is 1.46 bits per heavy atom. The standard InChI is InChI=1S/C13H22/c1-5-11(4)13-8-6-12(7-9-13)10(2)3/h1,10-13H,6-9H2,2-4H3. The molecule has 0 amide bonds. The predicted octanol–water partition coefficient (Wildman–Crippen LogP) is 3.72. The van der Waals surface area contributed by atoms with Gasteiger partial charge in [-0.2, -0.15) is 0 Å². The summed E-state index contributed by atoms with van der Waals surface area (Å²) in [5, 5.41) is 0. The van der Waals surface area contributed by atoms with Gasteiger partial charge in [0.2, 0.25) is 0 Å². The van der Waals surface area contributed by atoms with Crippen molar-refractivity contribution in [3.05, 3.63) is 0 Å². The van der Waals surface area contributed by atoms with Crippen molar-refractivity contribution in [3.63, 3.8) is 0 Å². The fraction of sp³-hybridized carbons (Fsp3) is 0.846. The van der Waals surface area contributed by atoms with Crippen LogP contribution in [0, 0.1) is 36.0 Å². The second kappa shape index (κ2) is 4.70. The molecule has 1 fully saturated rings. The van der Waals surface area contributed by atoms with Gasteiger partial charge >= 0.3 is 0 Å². The molecule has 0 saturated heterocycles. The van der Waals surface area contributed by atoms with Crippen LogP contribution in [0.4, 0.5) is 0 Å². The molecule has 0 heteroatoms. The highest BCUT2D eigenvalue weighted by Gasteiger charge is 2.25. The molecule has 1 rings (SSSR count). The summed E-state index contributed by atoms with van der Waals surface area (Å²) in [6.45, 7) is 6.88. The highest BCUT2D eigenvalue weighted by molar-refractivity contribution is 4.95. The number of hydrogen-bond donors (Lipinski definition) is 0. The molecule has 1 aliphatic carbocycles. The van der Waals surface area contributed by atoms with Crippen LogP contribution in [0.1, 0.15) is 46.5 Å². The Morgan fingerprint density at radius 3 is 1.85 bits per heavy atom. The maximum atomic E-state index is 5.45. The molecule has 0 nitrogen and oxygen atoms in total. The van der Waals surface area contributed by atoms with Gasteiger partial charge in [0.15, 0.2) is 0 Å². The van der Waals surface area contributed by atoms with E-state index >= 15 is 0 Å². The average Bonchev–Trinajstić information content (AvgIpc) is 2.17. The Balaban J connectivity index is 2.35. The number of terminal acetylenes is 1. The third-order valence-electron chi connectivity index (χ3n) is 3.73. The van der Waals surface area contributed by atoms with E-state index in [-0.39, 0.29) is 0 Å². The average molecular weight is 178 g/mol. The molecule has 13 heavy (non-hydrogen) atoms. The van der Waals surface area contributed by atoms with Crippen LogP contribution < -0.4 is 0 Å². The molecule has 0 radical (unpaired) electrons. The number of hydrogen-bond acceptors (Lipinski definition) is 0. The van der Waals surface area contributed by atoms with Crippen molar-refractivity contribution in [3.8, 4) is 12.3 Å². The first-order valence-corrected chi connectivity index (χ1v) is 5.61. The van der Waals surface area contributed by atoms with Crippen molar-refractivity contribution in [2.75, 3.05) is 0 Å². The lowest BCUT2D eigenvalue weighted by Crippen LogP contribution is -2.22. The highest BCUT2D eigenvalue weighted by Crippen LogP contribution is 2.36. The van der Waals surface area contributed by atoms with Gasteiger partial charge in [-0.1, -0.05) is 20.8 Å².